The van der Waals surface area contributed by atoms with Crippen LogP contribution in [0.5, 0.6) is 5.75 Å². The minimum atomic E-state index is -1.04. The van der Waals surface area contributed by atoms with Crippen LogP contribution in [0.4, 0.5) is 10.5 Å². The number of fused-ring (bicyclic) bond motifs is 3. The van der Waals surface area contributed by atoms with Crippen molar-refractivity contribution in [2.24, 2.45) is 17.8 Å². The van der Waals surface area contributed by atoms with Gasteiger partial charge in [-0.25, -0.2) is 4.79 Å². The monoisotopic (exact) mass is 485 g/mol. The van der Waals surface area contributed by atoms with Crippen LogP contribution in [-0.2, 0) is 19.1 Å². The van der Waals surface area contributed by atoms with Gasteiger partial charge in [0, 0.05) is 56.9 Å². The average Bonchev–Trinajstić information content (AvgIpc) is 3.62. The van der Waals surface area contributed by atoms with Crippen LogP contribution in [0, 0.1) is 29.1 Å². The van der Waals surface area contributed by atoms with Crippen LogP contribution in [0.3, 0.4) is 0 Å². The van der Waals surface area contributed by atoms with Crippen LogP contribution < -0.4 is 9.64 Å². The predicted octanol–water partition coefficient (Wildman–Crippen LogP) is 2.65. The number of methoxy groups -OCH3 is 1. The van der Waals surface area contributed by atoms with Crippen molar-refractivity contribution >= 4 is 23.7 Å². The topological polar surface area (TPSA) is 129 Å². The summed E-state index contributed by atoms with van der Waals surface area (Å²) in [6, 6.07) is 6.95. The molecule has 2 heterocycles. The first-order valence-corrected chi connectivity index (χ1v) is 11.9. The summed E-state index contributed by atoms with van der Waals surface area (Å²) in [5.41, 5.74) is 0.0982. The second-order valence-electron chi connectivity index (χ2n) is 9.95. The van der Waals surface area contributed by atoms with E-state index >= 15 is 0 Å². The van der Waals surface area contributed by atoms with Crippen molar-refractivity contribution in [1.82, 2.24) is 4.90 Å². The van der Waals surface area contributed by atoms with Crippen molar-refractivity contribution in [2.75, 3.05) is 38.3 Å². The van der Waals surface area contributed by atoms with Gasteiger partial charge in [-0.05, 0) is 38.8 Å². The van der Waals surface area contributed by atoms with Gasteiger partial charge >= 0.3 is 12.1 Å². The van der Waals surface area contributed by atoms with Crippen molar-refractivity contribution < 1.29 is 33.7 Å². The molecule has 2 unspecified atom stereocenters. The minimum Gasteiger partial charge on any atom is -0.492 e. The summed E-state index contributed by atoms with van der Waals surface area (Å²) in [7, 11) is 1.60. The number of carboxylic acid groups (broad SMARTS) is 1. The number of amides is 2. The maximum atomic E-state index is 13.9. The molecule has 1 saturated carbocycles. The third-order valence-electron chi connectivity index (χ3n) is 7.09. The lowest BCUT2D eigenvalue weighted by molar-refractivity contribution is -0.145. The number of hydrogen-bond acceptors (Lipinski definition) is 7. The lowest BCUT2D eigenvalue weighted by atomic mass is 9.87. The summed E-state index contributed by atoms with van der Waals surface area (Å²) in [5.74, 6) is -2.51. The zero-order valence-corrected chi connectivity index (χ0v) is 20.2. The van der Waals surface area contributed by atoms with Crippen molar-refractivity contribution in [2.45, 2.75) is 44.8 Å². The van der Waals surface area contributed by atoms with E-state index in [1.54, 1.807) is 30.2 Å². The largest absolute Gasteiger partial charge is 0.492 e. The number of benzene rings is 1. The molecule has 1 aromatic rings. The number of nitriles is 1. The molecule has 10 heteroatoms. The number of carbonyl (C=O) groups excluding carboxylic acids is 2. The molecule has 2 saturated heterocycles. The van der Waals surface area contributed by atoms with E-state index in [-0.39, 0.29) is 37.4 Å². The van der Waals surface area contributed by atoms with Gasteiger partial charge < -0.3 is 29.1 Å². The van der Waals surface area contributed by atoms with E-state index in [0.717, 1.165) is 0 Å². The van der Waals surface area contributed by atoms with Crippen LogP contribution in [0.15, 0.2) is 18.2 Å². The summed E-state index contributed by atoms with van der Waals surface area (Å²) in [5, 5.41) is 19.2. The van der Waals surface area contributed by atoms with E-state index in [0.29, 0.717) is 43.1 Å². The van der Waals surface area contributed by atoms with E-state index in [2.05, 4.69) is 6.07 Å². The molecule has 188 valence electrons. The molecule has 1 aliphatic carbocycles. The Morgan fingerprint density at radius 3 is 2.71 bits per heavy atom. The third kappa shape index (κ3) is 5.05. The number of ether oxygens (including phenoxy) is 3. The summed E-state index contributed by atoms with van der Waals surface area (Å²) in [4.78, 5) is 41.6. The zero-order chi connectivity index (χ0) is 25.3. The van der Waals surface area contributed by atoms with Gasteiger partial charge in [-0.1, -0.05) is 0 Å². The van der Waals surface area contributed by atoms with Gasteiger partial charge in [0.05, 0.1) is 24.0 Å². The van der Waals surface area contributed by atoms with Gasteiger partial charge in [-0.2, -0.15) is 5.26 Å². The Kier molecular flexibility index (Phi) is 6.90. The Labute approximate surface area is 204 Å². The third-order valence-corrected chi connectivity index (χ3v) is 7.09. The summed E-state index contributed by atoms with van der Waals surface area (Å²) < 4.78 is 16.7. The van der Waals surface area contributed by atoms with Gasteiger partial charge in [0.1, 0.15) is 17.4 Å². The molecule has 2 amide bonds. The van der Waals surface area contributed by atoms with Gasteiger partial charge in [0.25, 0.3) is 0 Å². The van der Waals surface area contributed by atoms with Gasteiger partial charge in [-0.3, -0.25) is 9.59 Å². The highest BCUT2D eigenvalue weighted by Crippen LogP contribution is 2.49. The fraction of sp³-hybridized carbons (Fsp3) is 0.600. The summed E-state index contributed by atoms with van der Waals surface area (Å²) in [6.45, 7) is 4.62. The Morgan fingerprint density at radius 2 is 2.03 bits per heavy atom. The Bertz CT molecular complexity index is 1050. The number of aliphatic carboxylic acids is 1. The normalized spacial score (nSPS) is 27.4. The van der Waals surface area contributed by atoms with Crippen LogP contribution >= 0.6 is 0 Å². The van der Waals surface area contributed by atoms with Gasteiger partial charge in [0.15, 0.2) is 0 Å². The van der Waals surface area contributed by atoms with E-state index < -0.39 is 29.5 Å². The fourth-order valence-corrected chi connectivity index (χ4v) is 5.12. The van der Waals surface area contributed by atoms with Crippen molar-refractivity contribution in [3.63, 3.8) is 0 Å². The SMILES string of the molecule is COCCCOc1cc(N2C(=O)[C@@H]3C[C@H](C(=O)O)CN(C3)C(=O)OC(C)(C)C3CC32)ccc1C#N. The zero-order valence-electron chi connectivity index (χ0n) is 20.2. The van der Waals surface area contributed by atoms with Crippen molar-refractivity contribution in [3.05, 3.63) is 23.8 Å². The smallest absolute Gasteiger partial charge is 0.410 e. The van der Waals surface area contributed by atoms with Crippen LogP contribution in [-0.4, -0.2) is 73.0 Å². The fourth-order valence-electron chi connectivity index (χ4n) is 5.12. The lowest BCUT2D eigenvalue weighted by Gasteiger charge is -2.40. The molecule has 10 nitrogen and oxygen atoms in total. The first kappa shape index (κ1) is 24.8. The first-order chi connectivity index (χ1) is 16.7. The molecular weight excluding hydrogens is 454 g/mol. The second kappa shape index (κ2) is 9.74. The molecule has 1 N–H and O–H groups in total. The van der Waals surface area contributed by atoms with Crippen LogP contribution in [0.1, 0.15) is 38.7 Å². The van der Waals surface area contributed by atoms with E-state index in [1.165, 1.54) is 4.90 Å². The molecule has 2 aliphatic heterocycles. The number of nitrogens with zero attached hydrogens (tertiary/aromatic N) is 3. The Hall–Kier alpha value is -3.32. The molecular formula is C25H31N3O7. The standard InChI is InChI=1S/C25H31N3O7/c1-25(2)19-11-20(19)28(18-6-5-15(12-26)21(10-18)34-8-4-7-33-3)22(29)16-9-17(23(30)31)14-27(13-16)24(32)35-25/h5-6,10,16-17,19-20H,4,7-9,11,13-14H2,1-3H3,(H,30,31)/t16-,17+,19?,20?/m1/s1. The maximum absolute atomic E-state index is 13.9. The van der Waals surface area contributed by atoms with Gasteiger partial charge in [-0.15, -0.1) is 0 Å². The highest BCUT2D eigenvalue weighted by atomic mass is 16.6. The Balaban J connectivity index is 1.70. The van der Waals surface area contributed by atoms with Gasteiger partial charge in [0.2, 0.25) is 5.91 Å². The number of cyclic esters (lactones) is 1. The number of piperidine rings is 1. The molecule has 4 atom stereocenters. The number of carboxylic acids is 1. The number of carbonyl (C=O) groups is 3. The number of hydrogen-bond donors (Lipinski definition) is 1. The highest BCUT2D eigenvalue weighted by Gasteiger charge is 2.57. The first-order valence-electron chi connectivity index (χ1n) is 11.9. The van der Waals surface area contributed by atoms with E-state index in [4.69, 9.17) is 14.2 Å². The van der Waals surface area contributed by atoms with Crippen LogP contribution in [0.2, 0.25) is 0 Å². The summed E-state index contributed by atoms with van der Waals surface area (Å²) in [6.07, 6.45) is 0.854. The molecule has 3 fully saturated rings. The van der Waals surface area contributed by atoms with E-state index in [9.17, 15) is 24.8 Å². The predicted molar refractivity (Wildman–Crippen MR) is 124 cm³/mol. The molecule has 0 aromatic heterocycles. The maximum Gasteiger partial charge on any atom is 0.410 e. The van der Waals surface area contributed by atoms with Crippen molar-refractivity contribution in [1.29, 1.82) is 5.26 Å². The van der Waals surface area contributed by atoms with Crippen molar-refractivity contribution in [3.8, 4) is 11.8 Å². The lowest BCUT2D eigenvalue weighted by Crippen LogP contribution is -2.54. The molecule has 4 rings (SSSR count). The number of anilines is 1. The molecule has 35 heavy (non-hydrogen) atoms. The highest BCUT2D eigenvalue weighted by molar-refractivity contribution is 5.97. The molecule has 2 bridgehead atoms. The molecule has 0 spiro atoms. The minimum absolute atomic E-state index is 0.0124. The van der Waals surface area contributed by atoms with E-state index in [1.807, 2.05) is 13.8 Å². The van der Waals surface area contributed by atoms with Crippen LogP contribution in [0.25, 0.3) is 0 Å². The number of rotatable bonds is 7. The Morgan fingerprint density at radius 1 is 1.26 bits per heavy atom. The average molecular weight is 486 g/mol. The molecule has 3 aliphatic rings. The molecule has 0 radical (unpaired) electrons. The quantitative estimate of drug-likeness (QED) is 0.584. The molecule has 1 aromatic carbocycles. The summed E-state index contributed by atoms with van der Waals surface area (Å²) >= 11 is 0. The second-order valence-corrected chi connectivity index (χ2v) is 9.95.